The predicted molar refractivity (Wildman–Crippen MR) is 58.6 cm³/mol. The monoisotopic (exact) mass is 220 g/mol. The normalized spacial score (nSPS) is 24.3. The third-order valence-electron chi connectivity index (χ3n) is 3.05. The zero-order chi connectivity index (χ0) is 11.5. The van der Waals surface area contributed by atoms with Gasteiger partial charge in [-0.1, -0.05) is 24.3 Å². The fraction of sp³-hybridized carbons (Fsp3) is 0.308. The number of benzene rings is 1. The third-order valence-corrected chi connectivity index (χ3v) is 3.05. The van der Waals surface area contributed by atoms with Crippen LogP contribution in [0.15, 0.2) is 36.4 Å². The first-order valence-electron chi connectivity index (χ1n) is 5.32. The summed E-state index contributed by atoms with van der Waals surface area (Å²) in [5.41, 5.74) is 0.901. The summed E-state index contributed by atoms with van der Waals surface area (Å²) in [6, 6.07) is 6.11. The Kier molecular flexibility index (Phi) is 3.04. The molecule has 0 aliphatic heterocycles. The molecule has 0 aromatic heterocycles. The zero-order valence-corrected chi connectivity index (χ0v) is 8.77. The van der Waals surface area contributed by atoms with Crippen molar-refractivity contribution in [3.8, 4) is 0 Å². The lowest BCUT2D eigenvalue weighted by molar-refractivity contribution is -0.142. The van der Waals surface area contributed by atoms with Crippen molar-refractivity contribution in [1.29, 1.82) is 0 Å². The number of aliphatic carboxylic acids is 1. The van der Waals surface area contributed by atoms with Gasteiger partial charge in [0.25, 0.3) is 0 Å². The number of carbonyl (C=O) groups is 1. The molecule has 0 amide bonds. The van der Waals surface area contributed by atoms with Gasteiger partial charge in [-0.15, -0.1) is 0 Å². The van der Waals surface area contributed by atoms with E-state index in [1.54, 1.807) is 12.1 Å². The van der Waals surface area contributed by atoms with Gasteiger partial charge in [0, 0.05) is 5.92 Å². The SMILES string of the molecule is O=C(O)C1CC=CCC1c1ccc(F)cc1. The molecule has 3 heteroatoms. The van der Waals surface area contributed by atoms with Crippen LogP contribution in [0.1, 0.15) is 24.3 Å². The van der Waals surface area contributed by atoms with E-state index in [0.29, 0.717) is 12.8 Å². The minimum Gasteiger partial charge on any atom is -0.481 e. The van der Waals surface area contributed by atoms with Crippen LogP contribution in [0, 0.1) is 11.7 Å². The van der Waals surface area contributed by atoms with Crippen LogP contribution < -0.4 is 0 Å². The average molecular weight is 220 g/mol. The highest BCUT2D eigenvalue weighted by Gasteiger charge is 2.29. The van der Waals surface area contributed by atoms with E-state index in [4.69, 9.17) is 5.11 Å². The molecule has 84 valence electrons. The van der Waals surface area contributed by atoms with Gasteiger partial charge in [0.15, 0.2) is 0 Å². The molecule has 0 fully saturated rings. The van der Waals surface area contributed by atoms with Gasteiger partial charge in [0.2, 0.25) is 0 Å². The molecule has 0 saturated heterocycles. The molecular weight excluding hydrogens is 207 g/mol. The van der Waals surface area contributed by atoms with E-state index in [2.05, 4.69) is 0 Å². The minimum absolute atomic E-state index is 0.0388. The lowest BCUT2D eigenvalue weighted by Crippen LogP contribution is -2.23. The van der Waals surface area contributed by atoms with Crippen LogP contribution in [0.2, 0.25) is 0 Å². The summed E-state index contributed by atoms with van der Waals surface area (Å²) in [7, 11) is 0. The van der Waals surface area contributed by atoms with Gasteiger partial charge >= 0.3 is 5.97 Å². The molecule has 2 nitrogen and oxygen atoms in total. The number of allylic oxidation sites excluding steroid dienone is 2. The Bertz CT molecular complexity index is 408. The van der Waals surface area contributed by atoms with E-state index in [1.807, 2.05) is 12.2 Å². The van der Waals surface area contributed by atoms with Crippen molar-refractivity contribution in [3.63, 3.8) is 0 Å². The smallest absolute Gasteiger partial charge is 0.307 e. The molecule has 1 aromatic carbocycles. The zero-order valence-electron chi connectivity index (χ0n) is 8.77. The minimum atomic E-state index is -0.779. The molecule has 1 N–H and O–H groups in total. The van der Waals surface area contributed by atoms with Crippen LogP contribution in [-0.2, 0) is 4.79 Å². The van der Waals surface area contributed by atoms with Gasteiger partial charge in [0.05, 0.1) is 5.92 Å². The topological polar surface area (TPSA) is 37.3 Å². The van der Waals surface area contributed by atoms with Crippen molar-refractivity contribution in [2.45, 2.75) is 18.8 Å². The standard InChI is InChI=1S/C13H13FO2/c14-10-7-5-9(6-8-10)11-3-1-2-4-12(11)13(15)16/h1-2,5-8,11-12H,3-4H2,(H,15,16). The second-order valence-corrected chi connectivity index (χ2v) is 4.05. The lowest BCUT2D eigenvalue weighted by Gasteiger charge is -2.25. The van der Waals surface area contributed by atoms with Crippen LogP contribution in [-0.4, -0.2) is 11.1 Å². The Morgan fingerprint density at radius 1 is 1.19 bits per heavy atom. The molecule has 0 spiro atoms. The molecule has 0 saturated carbocycles. The maximum Gasteiger partial charge on any atom is 0.307 e. The number of hydrogen-bond acceptors (Lipinski definition) is 1. The first-order valence-corrected chi connectivity index (χ1v) is 5.32. The summed E-state index contributed by atoms with van der Waals surface area (Å²) in [6.45, 7) is 0. The summed E-state index contributed by atoms with van der Waals surface area (Å²) >= 11 is 0. The summed E-state index contributed by atoms with van der Waals surface area (Å²) in [5, 5.41) is 9.12. The third kappa shape index (κ3) is 2.13. The molecule has 1 aromatic rings. The molecule has 16 heavy (non-hydrogen) atoms. The van der Waals surface area contributed by atoms with E-state index in [9.17, 15) is 9.18 Å². The van der Waals surface area contributed by atoms with E-state index < -0.39 is 11.9 Å². The van der Waals surface area contributed by atoms with Crippen molar-refractivity contribution in [1.82, 2.24) is 0 Å². The highest BCUT2D eigenvalue weighted by Crippen LogP contribution is 2.34. The summed E-state index contributed by atoms with van der Waals surface area (Å²) in [4.78, 5) is 11.1. The number of carboxylic acid groups (broad SMARTS) is 1. The highest BCUT2D eigenvalue weighted by molar-refractivity contribution is 5.72. The van der Waals surface area contributed by atoms with Crippen LogP contribution in [0.4, 0.5) is 4.39 Å². The van der Waals surface area contributed by atoms with E-state index in [-0.39, 0.29) is 11.7 Å². The van der Waals surface area contributed by atoms with Crippen LogP contribution in [0.5, 0.6) is 0 Å². The van der Waals surface area contributed by atoms with Crippen molar-refractivity contribution in [2.24, 2.45) is 5.92 Å². The number of carboxylic acids is 1. The van der Waals surface area contributed by atoms with Crippen LogP contribution >= 0.6 is 0 Å². The molecular formula is C13H13FO2. The second-order valence-electron chi connectivity index (χ2n) is 4.05. The Morgan fingerprint density at radius 3 is 2.44 bits per heavy atom. The number of halogens is 1. The van der Waals surface area contributed by atoms with Crippen LogP contribution in [0.25, 0.3) is 0 Å². The maximum atomic E-state index is 12.8. The first kappa shape index (κ1) is 10.9. The molecule has 2 rings (SSSR count). The molecule has 0 bridgehead atoms. The summed E-state index contributed by atoms with van der Waals surface area (Å²) in [5.74, 6) is -1.50. The fourth-order valence-electron chi connectivity index (χ4n) is 2.17. The lowest BCUT2D eigenvalue weighted by atomic mass is 9.78. The van der Waals surface area contributed by atoms with E-state index in [0.717, 1.165) is 5.56 Å². The van der Waals surface area contributed by atoms with Gasteiger partial charge in [-0.05, 0) is 30.5 Å². The second kappa shape index (κ2) is 4.47. The number of hydrogen-bond donors (Lipinski definition) is 1. The highest BCUT2D eigenvalue weighted by atomic mass is 19.1. The average Bonchev–Trinajstić information content (AvgIpc) is 2.30. The molecule has 0 heterocycles. The quantitative estimate of drug-likeness (QED) is 0.778. The Labute approximate surface area is 93.4 Å². The van der Waals surface area contributed by atoms with Gasteiger partial charge in [0.1, 0.15) is 5.82 Å². The predicted octanol–water partition coefficient (Wildman–Crippen LogP) is 2.96. The Morgan fingerprint density at radius 2 is 1.81 bits per heavy atom. The van der Waals surface area contributed by atoms with Gasteiger partial charge in [-0.2, -0.15) is 0 Å². The first-order chi connectivity index (χ1) is 7.68. The van der Waals surface area contributed by atoms with Crippen molar-refractivity contribution >= 4 is 5.97 Å². The molecule has 0 radical (unpaired) electrons. The van der Waals surface area contributed by atoms with Gasteiger partial charge < -0.3 is 5.11 Å². The fourth-order valence-corrected chi connectivity index (χ4v) is 2.17. The molecule has 2 atom stereocenters. The molecule has 1 aliphatic rings. The summed E-state index contributed by atoms with van der Waals surface area (Å²) < 4.78 is 12.8. The maximum absolute atomic E-state index is 12.8. The largest absolute Gasteiger partial charge is 0.481 e. The van der Waals surface area contributed by atoms with Gasteiger partial charge in [-0.3, -0.25) is 4.79 Å². The Hall–Kier alpha value is -1.64. The molecule has 1 aliphatic carbocycles. The summed E-state index contributed by atoms with van der Waals surface area (Å²) in [6.07, 6.45) is 5.16. The van der Waals surface area contributed by atoms with Crippen LogP contribution in [0.3, 0.4) is 0 Å². The van der Waals surface area contributed by atoms with E-state index in [1.165, 1.54) is 12.1 Å². The van der Waals surface area contributed by atoms with Crippen molar-refractivity contribution in [2.75, 3.05) is 0 Å². The van der Waals surface area contributed by atoms with E-state index >= 15 is 0 Å². The van der Waals surface area contributed by atoms with Gasteiger partial charge in [-0.25, -0.2) is 4.39 Å². The Balaban J connectivity index is 2.27. The molecule has 2 unspecified atom stereocenters. The van der Waals surface area contributed by atoms with Crippen molar-refractivity contribution in [3.05, 3.63) is 47.8 Å². The van der Waals surface area contributed by atoms with Crippen molar-refractivity contribution < 1.29 is 14.3 Å². The number of rotatable bonds is 2.